The minimum atomic E-state index is -1.29. The highest BCUT2D eigenvalue weighted by molar-refractivity contribution is 5.82. The number of nitro groups is 1. The Morgan fingerprint density at radius 2 is 2.24 bits per heavy atom. The summed E-state index contributed by atoms with van der Waals surface area (Å²) in [5.41, 5.74) is -1.49. The zero-order chi connectivity index (χ0) is 13.0. The number of ether oxygens (including phenoxy) is 1. The fourth-order valence-corrected chi connectivity index (χ4v) is 1.11. The number of rotatable bonds is 5. The number of nitro benzene ring substituents is 1. The third-order valence-corrected chi connectivity index (χ3v) is 1.74. The molecule has 0 radical (unpaired) electrons. The number of hydrogen-bond donors (Lipinski definition) is 1. The van der Waals surface area contributed by atoms with E-state index in [1.807, 2.05) is 0 Å². The molecule has 0 heterocycles. The number of nitrogens with zero attached hydrogens (tertiary/aromatic N) is 1. The Hall–Kier alpha value is -2.51. The van der Waals surface area contributed by atoms with E-state index in [1.54, 1.807) is 0 Å². The van der Waals surface area contributed by atoms with Gasteiger partial charge in [-0.25, -0.2) is 4.79 Å². The molecule has 17 heavy (non-hydrogen) atoms. The summed E-state index contributed by atoms with van der Waals surface area (Å²) < 4.78 is 17.8. The number of carbonyl (C=O) groups is 2. The van der Waals surface area contributed by atoms with Gasteiger partial charge >= 0.3 is 11.7 Å². The van der Waals surface area contributed by atoms with E-state index in [0.717, 1.165) is 6.07 Å². The number of carboxylic acids is 1. The van der Waals surface area contributed by atoms with Crippen LogP contribution in [0.1, 0.15) is 10.4 Å². The predicted molar refractivity (Wildman–Crippen MR) is 51.6 cm³/mol. The molecule has 1 rings (SSSR count). The lowest BCUT2D eigenvalue weighted by molar-refractivity contribution is -0.387. The summed E-state index contributed by atoms with van der Waals surface area (Å²) in [6.07, 6.45) is 0.0921. The van der Waals surface area contributed by atoms with Crippen LogP contribution < -0.4 is 4.74 Å². The monoisotopic (exact) mass is 243 g/mol. The molecular weight excluding hydrogens is 237 g/mol. The van der Waals surface area contributed by atoms with E-state index in [-0.39, 0.29) is 12.0 Å². The Labute approximate surface area is 93.6 Å². The van der Waals surface area contributed by atoms with E-state index < -0.39 is 34.6 Å². The highest BCUT2D eigenvalue weighted by Crippen LogP contribution is 2.26. The highest BCUT2D eigenvalue weighted by atomic mass is 19.1. The van der Waals surface area contributed by atoms with Crippen LogP contribution in [0.3, 0.4) is 0 Å². The Morgan fingerprint density at radius 3 is 2.71 bits per heavy atom. The number of benzene rings is 1. The van der Waals surface area contributed by atoms with Crippen LogP contribution in [0.5, 0.6) is 5.75 Å². The normalized spacial score (nSPS) is 9.71. The highest BCUT2D eigenvalue weighted by Gasteiger charge is 2.21. The molecule has 1 N–H and O–H groups in total. The number of halogens is 1. The van der Waals surface area contributed by atoms with Crippen molar-refractivity contribution in [2.24, 2.45) is 0 Å². The smallest absolute Gasteiger partial charge is 0.341 e. The SMILES string of the molecule is O=Cc1cc(OCC(=O)O)cc(F)c1[N+](=O)[O-]. The van der Waals surface area contributed by atoms with Crippen molar-refractivity contribution in [3.63, 3.8) is 0 Å². The fourth-order valence-electron chi connectivity index (χ4n) is 1.11. The summed E-state index contributed by atoms with van der Waals surface area (Å²) >= 11 is 0. The minimum absolute atomic E-state index is 0.0921. The lowest BCUT2D eigenvalue weighted by Crippen LogP contribution is -2.10. The average molecular weight is 243 g/mol. The molecule has 1 aromatic carbocycles. The molecule has 0 saturated heterocycles. The van der Waals surface area contributed by atoms with Gasteiger partial charge in [-0.1, -0.05) is 0 Å². The van der Waals surface area contributed by atoms with Gasteiger partial charge in [-0.3, -0.25) is 14.9 Å². The molecule has 0 fully saturated rings. The molecule has 0 saturated carbocycles. The first-order valence-corrected chi connectivity index (χ1v) is 4.23. The Morgan fingerprint density at radius 1 is 1.59 bits per heavy atom. The second kappa shape index (κ2) is 5.01. The van der Waals surface area contributed by atoms with Crippen molar-refractivity contribution >= 4 is 17.9 Å². The van der Waals surface area contributed by atoms with Crippen molar-refractivity contribution in [2.45, 2.75) is 0 Å². The molecule has 8 heteroatoms. The van der Waals surface area contributed by atoms with Gasteiger partial charge in [0.2, 0.25) is 5.82 Å². The van der Waals surface area contributed by atoms with E-state index in [1.165, 1.54) is 0 Å². The average Bonchev–Trinajstić information content (AvgIpc) is 2.24. The lowest BCUT2D eigenvalue weighted by atomic mass is 10.2. The molecule has 0 spiro atoms. The van der Waals surface area contributed by atoms with Crippen LogP contribution in [0.25, 0.3) is 0 Å². The van der Waals surface area contributed by atoms with Crippen LogP contribution in [0.2, 0.25) is 0 Å². The predicted octanol–water partition coefficient (Wildman–Crippen LogP) is 1.01. The third-order valence-electron chi connectivity index (χ3n) is 1.74. The van der Waals surface area contributed by atoms with Gasteiger partial charge in [-0.05, 0) is 6.07 Å². The molecule has 0 amide bonds. The zero-order valence-corrected chi connectivity index (χ0v) is 8.25. The first-order valence-electron chi connectivity index (χ1n) is 4.23. The van der Waals surface area contributed by atoms with Gasteiger partial charge in [0.1, 0.15) is 5.75 Å². The summed E-state index contributed by atoms with van der Waals surface area (Å²) in [7, 11) is 0. The quantitative estimate of drug-likeness (QED) is 0.469. The van der Waals surface area contributed by atoms with Gasteiger partial charge in [0.15, 0.2) is 12.9 Å². The summed E-state index contributed by atoms with van der Waals surface area (Å²) in [6, 6.07) is 1.55. The Bertz CT molecular complexity index is 487. The van der Waals surface area contributed by atoms with Gasteiger partial charge in [-0.2, -0.15) is 4.39 Å². The van der Waals surface area contributed by atoms with Crippen LogP contribution in [-0.2, 0) is 4.79 Å². The fraction of sp³-hybridized carbons (Fsp3) is 0.111. The van der Waals surface area contributed by atoms with Gasteiger partial charge in [0.05, 0.1) is 10.5 Å². The van der Waals surface area contributed by atoms with Crippen LogP contribution in [-0.4, -0.2) is 28.9 Å². The summed E-state index contributed by atoms with van der Waals surface area (Å²) in [4.78, 5) is 30.1. The van der Waals surface area contributed by atoms with Crippen LogP contribution in [0.4, 0.5) is 10.1 Å². The molecule has 0 aliphatic carbocycles. The maximum atomic E-state index is 13.2. The molecule has 0 bridgehead atoms. The molecule has 0 atom stereocenters. The maximum Gasteiger partial charge on any atom is 0.341 e. The summed E-state index contributed by atoms with van der Waals surface area (Å²) in [6.45, 7) is -0.741. The van der Waals surface area contributed by atoms with E-state index in [4.69, 9.17) is 5.11 Å². The second-order valence-electron chi connectivity index (χ2n) is 2.90. The molecule has 1 aromatic rings. The standard InChI is InChI=1S/C9H6FNO6/c10-7-2-6(17-4-8(13)14)1-5(3-12)9(7)11(15)16/h1-3H,4H2,(H,13,14). The minimum Gasteiger partial charge on any atom is -0.482 e. The summed E-state index contributed by atoms with van der Waals surface area (Å²) in [5.74, 6) is -2.82. The van der Waals surface area contributed by atoms with Gasteiger partial charge in [-0.15, -0.1) is 0 Å². The molecule has 0 unspecified atom stereocenters. The van der Waals surface area contributed by atoms with Gasteiger partial charge in [0.25, 0.3) is 0 Å². The first kappa shape index (κ1) is 12.6. The van der Waals surface area contributed by atoms with E-state index >= 15 is 0 Å². The number of carboxylic acid groups (broad SMARTS) is 1. The van der Waals surface area contributed by atoms with Gasteiger partial charge < -0.3 is 9.84 Å². The van der Waals surface area contributed by atoms with E-state index in [0.29, 0.717) is 6.07 Å². The van der Waals surface area contributed by atoms with Gasteiger partial charge in [0, 0.05) is 6.07 Å². The van der Waals surface area contributed by atoms with Crippen molar-refractivity contribution in [2.75, 3.05) is 6.61 Å². The molecule has 90 valence electrons. The number of aliphatic carboxylic acids is 1. The molecule has 0 aliphatic heterocycles. The number of hydrogen-bond acceptors (Lipinski definition) is 5. The van der Waals surface area contributed by atoms with Crippen LogP contribution in [0.15, 0.2) is 12.1 Å². The zero-order valence-electron chi connectivity index (χ0n) is 8.25. The number of aldehydes is 1. The number of carbonyl (C=O) groups excluding carboxylic acids is 1. The Kier molecular flexibility index (Phi) is 3.70. The Balaban J connectivity index is 3.13. The van der Waals surface area contributed by atoms with Crippen molar-refractivity contribution in [3.8, 4) is 5.75 Å². The molecular formula is C9H6FNO6. The van der Waals surface area contributed by atoms with Crippen molar-refractivity contribution in [1.82, 2.24) is 0 Å². The molecule has 0 aromatic heterocycles. The summed E-state index contributed by atoms with van der Waals surface area (Å²) in [5, 5.41) is 18.8. The first-order chi connectivity index (χ1) is 7.95. The third kappa shape index (κ3) is 2.97. The second-order valence-corrected chi connectivity index (χ2v) is 2.90. The van der Waals surface area contributed by atoms with E-state index in [9.17, 15) is 24.1 Å². The van der Waals surface area contributed by atoms with Crippen molar-refractivity contribution < 1.29 is 28.7 Å². The largest absolute Gasteiger partial charge is 0.482 e. The van der Waals surface area contributed by atoms with Crippen molar-refractivity contribution in [3.05, 3.63) is 33.6 Å². The molecule has 0 aliphatic rings. The topological polar surface area (TPSA) is 107 Å². The van der Waals surface area contributed by atoms with Crippen LogP contribution in [0, 0.1) is 15.9 Å². The maximum absolute atomic E-state index is 13.2. The lowest BCUT2D eigenvalue weighted by Gasteiger charge is -2.04. The van der Waals surface area contributed by atoms with Crippen LogP contribution >= 0.6 is 0 Å². The molecule has 7 nitrogen and oxygen atoms in total. The van der Waals surface area contributed by atoms with Crippen molar-refractivity contribution in [1.29, 1.82) is 0 Å². The van der Waals surface area contributed by atoms with E-state index in [2.05, 4.69) is 4.74 Å².